The summed E-state index contributed by atoms with van der Waals surface area (Å²) in [6, 6.07) is 19.7. The van der Waals surface area contributed by atoms with E-state index < -0.39 is 11.9 Å². The Bertz CT molecular complexity index is 1520. The number of aryl methyl sites for hydroxylation is 1. The summed E-state index contributed by atoms with van der Waals surface area (Å²) >= 11 is 0. The van der Waals surface area contributed by atoms with Gasteiger partial charge in [-0.15, -0.1) is 4.91 Å². The van der Waals surface area contributed by atoms with Crippen molar-refractivity contribution in [1.82, 2.24) is 14.7 Å². The highest BCUT2D eigenvalue weighted by Crippen LogP contribution is 2.34. The number of hydrogen-bond donors (Lipinski definition) is 1. The van der Waals surface area contributed by atoms with Crippen LogP contribution < -0.4 is 10.1 Å². The SMILES string of the molecule is Cc1ccc(-n2nc(C(C)(C)C)cc2NC(=O)C(N=O)c2ccc(OCCN3CCOCC3)c3ccccc23)cc1. The van der Waals surface area contributed by atoms with Crippen LogP contribution in [0.5, 0.6) is 5.75 Å². The minimum absolute atomic E-state index is 0.244. The Kier molecular flexibility index (Phi) is 8.46. The van der Waals surface area contributed by atoms with E-state index in [1.165, 1.54) is 0 Å². The van der Waals surface area contributed by atoms with Gasteiger partial charge in [-0.05, 0) is 36.1 Å². The van der Waals surface area contributed by atoms with E-state index in [1.54, 1.807) is 10.7 Å². The van der Waals surface area contributed by atoms with Crippen LogP contribution in [0.4, 0.5) is 5.82 Å². The molecule has 5 rings (SSSR count). The molecule has 1 unspecified atom stereocenters. The van der Waals surface area contributed by atoms with Gasteiger partial charge in [0.25, 0.3) is 5.91 Å². The van der Waals surface area contributed by atoms with Gasteiger partial charge >= 0.3 is 0 Å². The fourth-order valence-corrected chi connectivity index (χ4v) is 4.93. The molecule has 214 valence electrons. The minimum Gasteiger partial charge on any atom is -0.492 e. The predicted octanol–water partition coefficient (Wildman–Crippen LogP) is 5.79. The lowest BCUT2D eigenvalue weighted by molar-refractivity contribution is -0.117. The number of benzene rings is 3. The molecule has 1 aliphatic heterocycles. The fraction of sp³-hybridized carbons (Fsp3) is 0.375. The van der Waals surface area contributed by atoms with Crippen LogP contribution in [-0.2, 0) is 14.9 Å². The first-order chi connectivity index (χ1) is 19.7. The average Bonchev–Trinajstić information content (AvgIpc) is 3.39. The number of nitroso groups, excluding NO2 is 1. The summed E-state index contributed by atoms with van der Waals surface area (Å²) in [5.41, 5.74) is 3.01. The Morgan fingerprint density at radius 3 is 2.44 bits per heavy atom. The van der Waals surface area contributed by atoms with Gasteiger partial charge in [0.15, 0.2) is 6.04 Å². The molecule has 1 N–H and O–H groups in total. The smallest absolute Gasteiger partial charge is 0.258 e. The number of aromatic nitrogens is 2. The third kappa shape index (κ3) is 6.47. The van der Waals surface area contributed by atoms with Crippen molar-refractivity contribution in [3.05, 3.63) is 88.5 Å². The van der Waals surface area contributed by atoms with Gasteiger partial charge in [-0.1, -0.05) is 74.0 Å². The molecule has 1 amide bonds. The topological polar surface area (TPSA) is 98.0 Å². The maximum absolute atomic E-state index is 13.6. The molecular formula is C32H37N5O4. The minimum atomic E-state index is -1.26. The van der Waals surface area contributed by atoms with Crippen LogP contribution in [0.3, 0.4) is 0 Å². The number of nitrogens with one attached hydrogen (secondary N) is 1. The number of fused-ring (bicyclic) bond motifs is 1. The van der Waals surface area contributed by atoms with Gasteiger partial charge in [0.1, 0.15) is 18.2 Å². The van der Waals surface area contributed by atoms with E-state index in [0.29, 0.717) is 23.7 Å². The summed E-state index contributed by atoms with van der Waals surface area (Å²) in [4.78, 5) is 28.1. The highest BCUT2D eigenvalue weighted by atomic mass is 16.5. The molecule has 0 aliphatic carbocycles. The molecule has 1 fully saturated rings. The van der Waals surface area contributed by atoms with Crippen LogP contribution in [0.25, 0.3) is 16.5 Å². The first-order valence-electron chi connectivity index (χ1n) is 14.0. The Balaban J connectivity index is 1.41. The number of carbonyl (C=O) groups excluding carboxylic acids is 1. The summed E-state index contributed by atoms with van der Waals surface area (Å²) in [7, 11) is 0. The highest BCUT2D eigenvalue weighted by molar-refractivity contribution is 6.00. The molecule has 9 heteroatoms. The van der Waals surface area contributed by atoms with Crippen molar-refractivity contribution < 1.29 is 14.3 Å². The normalized spacial score (nSPS) is 15.0. The van der Waals surface area contributed by atoms with Gasteiger partial charge < -0.3 is 14.8 Å². The van der Waals surface area contributed by atoms with Crippen molar-refractivity contribution in [3.8, 4) is 11.4 Å². The lowest BCUT2D eigenvalue weighted by Gasteiger charge is -2.26. The molecule has 1 aliphatic rings. The summed E-state index contributed by atoms with van der Waals surface area (Å²) in [5, 5.41) is 12.6. The molecule has 0 bridgehead atoms. The zero-order valence-corrected chi connectivity index (χ0v) is 24.1. The molecule has 3 aromatic carbocycles. The quantitative estimate of drug-likeness (QED) is 0.263. The molecule has 0 saturated carbocycles. The Morgan fingerprint density at radius 1 is 1.05 bits per heavy atom. The lowest BCUT2D eigenvalue weighted by Crippen LogP contribution is -2.38. The monoisotopic (exact) mass is 555 g/mol. The van der Waals surface area contributed by atoms with E-state index in [9.17, 15) is 9.70 Å². The van der Waals surface area contributed by atoms with Gasteiger partial charge in [-0.2, -0.15) is 5.10 Å². The second kappa shape index (κ2) is 12.2. The molecule has 2 heterocycles. The predicted molar refractivity (Wildman–Crippen MR) is 161 cm³/mol. The number of amides is 1. The third-order valence-corrected chi connectivity index (χ3v) is 7.34. The van der Waals surface area contributed by atoms with Gasteiger partial charge in [0.2, 0.25) is 0 Å². The van der Waals surface area contributed by atoms with Gasteiger partial charge in [0.05, 0.1) is 24.6 Å². The van der Waals surface area contributed by atoms with E-state index in [1.807, 2.05) is 67.6 Å². The molecule has 41 heavy (non-hydrogen) atoms. The number of rotatable bonds is 9. The van der Waals surface area contributed by atoms with Crippen LogP contribution in [0, 0.1) is 11.8 Å². The third-order valence-electron chi connectivity index (χ3n) is 7.34. The molecule has 0 spiro atoms. The zero-order chi connectivity index (χ0) is 29.0. The standard InChI is InChI=1S/C32H37N5O4/c1-22-9-11-23(12-10-22)37-29(21-28(34-37)32(2,3)4)33-31(38)30(35-39)26-13-14-27(25-8-6-5-7-24(25)26)41-20-17-36-15-18-40-19-16-36/h5-14,21,30H,15-20H2,1-4H3,(H,33,38). The number of hydrogen-bond acceptors (Lipinski definition) is 7. The number of carbonyl (C=O) groups is 1. The maximum Gasteiger partial charge on any atom is 0.258 e. The van der Waals surface area contributed by atoms with Crippen molar-refractivity contribution in [2.24, 2.45) is 5.18 Å². The lowest BCUT2D eigenvalue weighted by atomic mass is 9.92. The van der Waals surface area contributed by atoms with Crippen molar-refractivity contribution in [3.63, 3.8) is 0 Å². The largest absolute Gasteiger partial charge is 0.492 e. The number of anilines is 1. The van der Waals surface area contributed by atoms with Crippen LogP contribution in [-0.4, -0.2) is 60.0 Å². The second-order valence-corrected chi connectivity index (χ2v) is 11.4. The van der Waals surface area contributed by atoms with Crippen molar-refractivity contribution in [2.75, 3.05) is 44.8 Å². The fourth-order valence-electron chi connectivity index (χ4n) is 4.93. The van der Waals surface area contributed by atoms with Crippen LogP contribution in [0.1, 0.15) is 43.6 Å². The molecule has 0 radical (unpaired) electrons. The Hall–Kier alpha value is -4.08. The summed E-state index contributed by atoms with van der Waals surface area (Å²) < 4.78 is 13.3. The van der Waals surface area contributed by atoms with Crippen molar-refractivity contribution in [1.29, 1.82) is 0 Å². The Morgan fingerprint density at radius 2 is 1.76 bits per heavy atom. The Labute approximate surface area is 240 Å². The summed E-state index contributed by atoms with van der Waals surface area (Å²) in [6.07, 6.45) is 0. The number of ether oxygens (including phenoxy) is 2. The van der Waals surface area contributed by atoms with E-state index in [2.05, 4.69) is 36.2 Å². The molecule has 1 aromatic heterocycles. The molecular weight excluding hydrogens is 518 g/mol. The zero-order valence-electron chi connectivity index (χ0n) is 24.1. The van der Waals surface area contributed by atoms with Crippen LogP contribution >= 0.6 is 0 Å². The van der Waals surface area contributed by atoms with Crippen LogP contribution in [0.2, 0.25) is 0 Å². The molecule has 9 nitrogen and oxygen atoms in total. The van der Waals surface area contributed by atoms with E-state index in [0.717, 1.165) is 60.6 Å². The van der Waals surface area contributed by atoms with Gasteiger partial charge in [-0.3, -0.25) is 9.69 Å². The maximum atomic E-state index is 13.6. The number of morpholine rings is 1. The van der Waals surface area contributed by atoms with Crippen molar-refractivity contribution in [2.45, 2.75) is 39.2 Å². The molecule has 1 saturated heterocycles. The molecule has 4 aromatic rings. The van der Waals surface area contributed by atoms with Gasteiger partial charge in [-0.25, -0.2) is 4.68 Å². The average molecular weight is 556 g/mol. The molecule has 1 atom stereocenters. The number of nitrogens with zero attached hydrogens (tertiary/aromatic N) is 4. The summed E-state index contributed by atoms with van der Waals surface area (Å²) in [5.74, 6) is 0.652. The van der Waals surface area contributed by atoms with E-state index in [4.69, 9.17) is 14.6 Å². The second-order valence-electron chi connectivity index (χ2n) is 11.4. The highest BCUT2D eigenvalue weighted by Gasteiger charge is 2.28. The summed E-state index contributed by atoms with van der Waals surface area (Å²) in [6.45, 7) is 12.8. The van der Waals surface area contributed by atoms with Crippen LogP contribution in [0.15, 0.2) is 71.9 Å². The van der Waals surface area contributed by atoms with E-state index in [-0.39, 0.29) is 5.41 Å². The van der Waals surface area contributed by atoms with Gasteiger partial charge in [0, 0.05) is 36.5 Å². The first kappa shape index (κ1) is 28.4. The van der Waals surface area contributed by atoms with Crippen molar-refractivity contribution >= 4 is 22.5 Å². The van der Waals surface area contributed by atoms with E-state index >= 15 is 0 Å². The first-order valence-corrected chi connectivity index (χ1v) is 14.0.